The summed E-state index contributed by atoms with van der Waals surface area (Å²) in [5.74, 6) is -9.69. The lowest BCUT2D eigenvalue weighted by atomic mass is 10.0. The maximum absolute atomic E-state index is 13.8. The van der Waals surface area contributed by atoms with Crippen molar-refractivity contribution in [2.24, 2.45) is 16.6 Å². The molecule has 508 valence electrons. The monoisotopic (exact) mass is 1310 g/mol. The molecule has 2 aliphatic heterocycles. The Bertz CT molecular complexity index is 2890. The number of carbonyl (C=O) groups is 4. The molecular weight excluding hydrogens is 1220 g/mol. The molecule has 0 aliphatic carbocycles. The van der Waals surface area contributed by atoms with E-state index in [1.165, 1.54) is 4.31 Å². The minimum atomic E-state index is -3.82. The number of hydrogen-bond donors (Lipinski definition) is 3. The quantitative estimate of drug-likeness (QED) is 0.0189. The fourth-order valence-corrected chi connectivity index (χ4v) is 10.3. The molecule has 4 N–H and O–H groups in total. The predicted octanol–water partition coefficient (Wildman–Crippen LogP) is 6.13. The highest BCUT2D eigenvalue weighted by molar-refractivity contribution is 7.89. The van der Waals surface area contributed by atoms with Crippen LogP contribution in [0.5, 0.6) is 5.75 Å². The van der Waals surface area contributed by atoms with Crippen molar-refractivity contribution in [3.05, 3.63) is 82.9 Å². The molecule has 0 spiro atoms. The number of rotatable bonds is 46. The predicted molar refractivity (Wildman–Crippen MR) is 326 cm³/mol. The number of nitrogens with zero attached hydrogens (tertiary/aromatic N) is 3. The van der Waals surface area contributed by atoms with Crippen LogP contribution >= 0.6 is 0 Å². The number of amidine groups is 1. The van der Waals surface area contributed by atoms with E-state index in [0.717, 1.165) is 12.0 Å². The molecule has 0 atom stereocenters. The Labute approximate surface area is 529 Å². The van der Waals surface area contributed by atoms with Gasteiger partial charge in [-0.25, -0.2) is 27.0 Å². The Balaban J connectivity index is 0.786. The van der Waals surface area contributed by atoms with Crippen LogP contribution in [0.3, 0.4) is 0 Å². The maximum Gasteiger partial charge on any atom is 0.407 e. The number of sulfonamides is 1. The SMILES string of the molecule is CCCN(CCCNC(=O)OC(C)(C)C)C(=O)C1=Cc2ccc(-c3cccc(S(=O)(=O)N4CC(CNC(=O)CCOCCOCCOCCOCCOCCOCCOCCOCCOCCOCCC(=O)Oc5c(F)c(F)cc(F)c5F)C4)c3)cc2N=C(N)C1. The van der Waals surface area contributed by atoms with Crippen LogP contribution in [-0.4, -0.2) is 224 Å². The number of alkyl carbamates (subject to hydrolysis) is 1. The Morgan fingerprint density at radius 2 is 1.14 bits per heavy atom. The van der Waals surface area contributed by atoms with Crippen molar-refractivity contribution in [2.45, 2.75) is 70.3 Å². The summed E-state index contributed by atoms with van der Waals surface area (Å²) in [6.07, 6.45) is 2.46. The van der Waals surface area contributed by atoms with E-state index in [0.29, 0.717) is 154 Å². The van der Waals surface area contributed by atoms with Crippen LogP contribution < -0.4 is 21.1 Å². The lowest BCUT2D eigenvalue weighted by molar-refractivity contribution is -0.136. The van der Waals surface area contributed by atoms with Gasteiger partial charge in [0.1, 0.15) is 11.4 Å². The number of nitrogens with one attached hydrogen (secondary N) is 2. The van der Waals surface area contributed by atoms with Crippen molar-refractivity contribution >= 4 is 51.5 Å². The molecule has 24 nitrogen and oxygen atoms in total. The lowest BCUT2D eigenvalue weighted by Crippen LogP contribution is -2.53. The Hall–Kier alpha value is -6.22. The zero-order valence-corrected chi connectivity index (χ0v) is 53.2. The molecule has 0 saturated carbocycles. The van der Waals surface area contributed by atoms with Gasteiger partial charge in [-0.05, 0) is 69.0 Å². The fraction of sp³-hybridized carbons (Fsp3) is 0.597. The van der Waals surface area contributed by atoms with Crippen molar-refractivity contribution in [3.63, 3.8) is 0 Å². The molecule has 2 heterocycles. The molecule has 3 aromatic carbocycles. The van der Waals surface area contributed by atoms with Gasteiger partial charge in [-0.2, -0.15) is 13.1 Å². The number of halogens is 4. The highest BCUT2D eigenvalue weighted by Gasteiger charge is 2.37. The van der Waals surface area contributed by atoms with Gasteiger partial charge in [0.2, 0.25) is 39.2 Å². The normalized spacial score (nSPS) is 13.6. The zero-order chi connectivity index (χ0) is 65.9. The first kappa shape index (κ1) is 75.5. The third-order valence-electron chi connectivity index (χ3n) is 13.2. The molecule has 0 radical (unpaired) electrons. The second-order valence-electron chi connectivity index (χ2n) is 21.7. The summed E-state index contributed by atoms with van der Waals surface area (Å²) in [6.45, 7) is 15.7. The zero-order valence-electron chi connectivity index (χ0n) is 52.4. The first-order valence-corrected chi connectivity index (χ1v) is 31.8. The fourth-order valence-electron chi connectivity index (χ4n) is 8.66. The van der Waals surface area contributed by atoms with E-state index in [2.05, 4.69) is 20.4 Å². The Morgan fingerprint density at radius 3 is 1.65 bits per heavy atom. The maximum atomic E-state index is 13.8. The van der Waals surface area contributed by atoms with E-state index in [-0.39, 0.29) is 93.5 Å². The first-order valence-electron chi connectivity index (χ1n) is 30.4. The van der Waals surface area contributed by atoms with Crippen LogP contribution in [0.1, 0.15) is 65.4 Å². The largest absolute Gasteiger partial charge is 0.444 e. The third-order valence-corrected chi connectivity index (χ3v) is 15.0. The van der Waals surface area contributed by atoms with Crippen LogP contribution in [0, 0.1) is 29.2 Å². The van der Waals surface area contributed by atoms with Crippen molar-refractivity contribution in [3.8, 4) is 16.9 Å². The van der Waals surface area contributed by atoms with Crippen LogP contribution in [-0.2, 0) is 76.5 Å². The van der Waals surface area contributed by atoms with E-state index in [9.17, 15) is 45.2 Å². The number of hydrogen-bond acceptors (Lipinski definition) is 20. The van der Waals surface area contributed by atoms with Gasteiger partial charge >= 0.3 is 12.1 Å². The summed E-state index contributed by atoms with van der Waals surface area (Å²) < 4.78 is 147. The topological polar surface area (TPSA) is 282 Å². The van der Waals surface area contributed by atoms with Gasteiger partial charge in [-0.3, -0.25) is 14.4 Å². The molecular formula is C62H88F4N6O18S. The molecule has 0 aromatic heterocycles. The number of fused-ring (bicyclic) bond motifs is 1. The standard InChI is InChI=1S/C62H88F4N6O18S/c1-5-15-71(16-7-14-68-61(76)90-62(2,3)4)60(75)49-37-48-11-10-47(39-53(48)70-54(67)40-49)46-8-6-9-50(38-46)91(77,78)72-43-45(44-72)42-69-55(73)12-17-79-19-21-81-23-25-83-27-29-85-31-33-87-35-36-88-34-32-86-30-28-84-26-24-82-22-20-80-18-13-56(74)89-59-57(65)51(63)41-52(64)58(59)66/h6,8-11,37-39,41,45H,5,7,12-36,40,42-44H2,1-4H3,(H2,67,70)(H,68,76)(H,69,73). The molecule has 0 bridgehead atoms. The van der Waals surface area contributed by atoms with Gasteiger partial charge in [-0.15, -0.1) is 0 Å². The van der Waals surface area contributed by atoms with E-state index in [4.69, 9.17) is 57.8 Å². The van der Waals surface area contributed by atoms with E-state index in [1.807, 2.05) is 31.2 Å². The summed E-state index contributed by atoms with van der Waals surface area (Å²) >= 11 is 0. The second-order valence-corrected chi connectivity index (χ2v) is 23.7. The van der Waals surface area contributed by atoms with Gasteiger partial charge in [0.05, 0.1) is 149 Å². The van der Waals surface area contributed by atoms with Gasteiger partial charge in [0, 0.05) is 75.2 Å². The number of esters is 1. The number of benzene rings is 3. The summed E-state index contributed by atoms with van der Waals surface area (Å²) in [6, 6.07) is 12.2. The highest BCUT2D eigenvalue weighted by atomic mass is 32.2. The van der Waals surface area contributed by atoms with Crippen LogP contribution in [0.4, 0.5) is 28.0 Å². The van der Waals surface area contributed by atoms with Gasteiger partial charge in [0.15, 0.2) is 11.6 Å². The summed E-state index contributed by atoms with van der Waals surface area (Å²) in [5.41, 5.74) is 8.89. The van der Waals surface area contributed by atoms with Crippen LogP contribution in [0.25, 0.3) is 17.2 Å². The minimum Gasteiger partial charge on any atom is -0.444 e. The van der Waals surface area contributed by atoms with Crippen LogP contribution in [0.2, 0.25) is 0 Å². The summed E-state index contributed by atoms with van der Waals surface area (Å²) in [5, 5.41) is 5.61. The average molecular weight is 1310 g/mol. The van der Waals surface area contributed by atoms with Crippen molar-refractivity contribution in [1.29, 1.82) is 0 Å². The Morgan fingerprint density at radius 1 is 0.648 bits per heavy atom. The van der Waals surface area contributed by atoms with Crippen molar-refractivity contribution in [1.82, 2.24) is 19.8 Å². The van der Waals surface area contributed by atoms with Crippen LogP contribution in [0.15, 0.2) is 64.0 Å². The third kappa shape index (κ3) is 28.7. The molecule has 1 saturated heterocycles. The number of ether oxygens (including phenoxy) is 12. The number of amides is 3. The number of aliphatic imine (C=N–C) groups is 1. The Kier molecular flexibility index (Phi) is 34.3. The molecule has 0 unspecified atom stereocenters. The number of carbonyl (C=O) groups excluding carboxylic acids is 4. The van der Waals surface area contributed by atoms with Gasteiger partial charge < -0.3 is 78.1 Å². The van der Waals surface area contributed by atoms with Gasteiger partial charge in [-0.1, -0.05) is 31.2 Å². The van der Waals surface area contributed by atoms with Gasteiger partial charge in [0.25, 0.3) is 0 Å². The molecule has 3 amide bonds. The molecule has 91 heavy (non-hydrogen) atoms. The average Bonchev–Trinajstić information content (AvgIpc) is 1.32. The smallest absolute Gasteiger partial charge is 0.407 e. The highest BCUT2D eigenvalue weighted by Crippen LogP contribution is 2.34. The van der Waals surface area contributed by atoms with E-state index < -0.39 is 63.1 Å². The molecule has 5 rings (SSSR count). The molecule has 3 aromatic rings. The molecule has 2 aliphatic rings. The lowest BCUT2D eigenvalue weighted by Gasteiger charge is -2.38. The summed E-state index contributed by atoms with van der Waals surface area (Å²) in [7, 11) is -3.82. The first-order chi connectivity index (χ1) is 43.7. The number of nitrogens with two attached hydrogens (primary N) is 1. The van der Waals surface area contributed by atoms with Crippen molar-refractivity contribution in [2.75, 3.05) is 171 Å². The molecule has 29 heteroatoms. The summed E-state index contributed by atoms with van der Waals surface area (Å²) in [4.78, 5) is 56.7. The molecule has 1 fully saturated rings. The van der Waals surface area contributed by atoms with Crippen molar-refractivity contribution < 1.29 is 102 Å². The second kappa shape index (κ2) is 41.4. The van der Waals surface area contributed by atoms with E-state index >= 15 is 0 Å². The van der Waals surface area contributed by atoms with E-state index in [1.54, 1.807) is 49.9 Å². The minimum absolute atomic E-state index is 0.0108.